The summed E-state index contributed by atoms with van der Waals surface area (Å²) in [7, 11) is -2.08. The van der Waals surface area contributed by atoms with E-state index in [2.05, 4.69) is 16.0 Å². The molecule has 0 N–H and O–H groups in total. The van der Waals surface area contributed by atoms with Crippen LogP contribution in [0.4, 0.5) is 0 Å². The van der Waals surface area contributed by atoms with Crippen molar-refractivity contribution in [1.82, 2.24) is 14.2 Å². The summed E-state index contributed by atoms with van der Waals surface area (Å²) in [4.78, 5) is 7.19. The van der Waals surface area contributed by atoms with Crippen molar-refractivity contribution in [3.8, 4) is 5.75 Å². The van der Waals surface area contributed by atoms with E-state index in [4.69, 9.17) is 4.74 Å². The van der Waals surface area contributed by atoms with Crippen molar-refractivity contribution < 1.29 is 13.2 Å². The average Bonchev–Trinajstić information content (AvgIpc) is 3.10. The predicted molar refractivity (Wildman–Crippen MR) is 111 cm³/mol. The first-order chi connectivity index (χ1) is 13.5. The Labute approximate surface area is 169 Å². The van der Waals surface area contributed by atoms with E-state index in [1.807, 2.05) is 31.2 Å². The number of nitrogens with zero attached hydrogens (tertiary/aromatic N) is 3. The van der Waals surface area contributed by atoms with Gasteiger partial charge in [-0.25, -0.2) is 13.4 Å². The zero-order valence-corrected chi connectivity index (χ0v) is 17.6. The van der Waals surface area contributed by atoms with E-state index in [9.17, 15) is 8.42 Å². The minimum absolute atomic E-state index is 0.245. The number of hydrogen-bond acceptors (Lipinski definition) is 6. The van der Waals surface area contributed by atoms with Crippen LogP contribution in [0.5, 0.6) is 5.75 Å². The summed E-state index contributed by atoms with van der Waals surface area (Å²) in [5, 5.41) is 1.07. The van der Waals surface area contributed by atoms with Gasteiger partial charge < -0.3 is 4.74 Å². The molecule has 0 unspecified atom stereocenters. The van der Waals surface area contributed by atoms with Crippen LogP contribution >= 0.6 is 11.3 Å². The third-order valence-electron chi connectivity index (χ3n) is 4.97. The number of thiazole rings is 1. The van der Waals surface area contributed by atoms with Gasteiger partial charge in [0.15, 0.2) is 0 Å². The van der Waals surface area contributed by atoms with Crippen molar-refractivity contribution in [3.63, 3.8) is 0 Å². The molecule has 2 aromatic carbocycles. The van der Waals surface area contributed by atoms with Gasteiger partial charge in [-0.3, -0.25) is 4.90 Å². The number of hydrogen-bond donors (Lipinski definition) is 0. The Morgan fingerprint density at radius 2 is 1.86 bits per heavy atom. The van der Waals surface area contributed by atoms with Crippen LogP contribution < -0.4 is 4.74 Å². The van der Waals surface area contributed by atoms with Crippen LogP contribution in [-0.4, -0.2) is 55.9 Å². The van der Waals surface area contributed by atoms with Crippen molar-refractivity contribution in [1.29, 1.82) is 0 Å². The number of rotatable bonds is 5. The van der Waals surface area contributed by atoms with Gasteiger partial charge >= 0.3 is 0 Å². The van der Waals surface area contributed by atoms with Gasteiger partial charge in [-0.1, -0.05) is 18.2 Å². The fourth-order valence-electron chi connectivity index (χ4n) is 3.43. The van der Waals surface area contributed by atoms with Crippen molar-refractivity contribution in [2.45, 2.75) is 18.4 Å². The fourth-order valence-corrected chi connectivity index (χ4v) is 6.10. The summed E-state index contributed by atoms with van der Waals surface area (Å²) in [6.45, 7) is 4.93. The lowest BCUT2D eigenvalue weighted by Gasteiger charge is -2.33. The molecule has 0 atom stereocenters. The predicted octanol–water partition coefficient (Wildman–Crippen LogP) is 3.12. The summed E-state index contributed by atoms with van der Waals surface area (Å²) in [6.07, 6.45) is 0. The second-order valence-corrected chi connectivity index (χ2v) is 9.93. The monoisotopic (exact) mass is 417 g/mol. The molecule has 1 fully saturated rings. The van der Waals surface area contributed by atoms with Crippen LogP contribution in [-0.2, 0) is 16.6 Å². The largest absolute Gasteiger partial charge is 0.495 e. The molecule has 0 radical (unpaired) electrons. The van der Waals surface area contributed by atoms with Crippen LogP contribution in [0.15, 0.2) is 47.4 Å². The standard InChI is InChI=1S/C20H23N3O3S2/c1-15-7-8-17(26-2)19(13-15)28(24,25)23-11-9-22(10-12-23)14-20-21-16-5-3-4-6-18(16)27-20/h3-8,13H,9-12,14H2,1-2H3. The van der Waals surface area contributed by atoms with Crippen molar-refractivity contribution >= 4 is 31.6 Å². The van der Waals surface area contributed by atoms with Gasteiger partial charge in [0.1, 0.15) is 15.7 Å². The van der Waals surface area contributed by atoms with E-state index in [0.29, 0.717) is 31.9 Å². The van der Waals surface area contributed by atoms with Gasteiger partial charge in [0, 0.05) is 26.2 Å². The Morgan fingerprint density at radius 1 is 1.11 bits per heavy atom. The molecule has 1 aromatic heterocycles. The van der Waals surface area contributed by atoms with Gasteiger partial charge in [0.2, 0.25) is 10.0 Å². The van der Waals surface area contributed by atoms with Crippen LogP contribution in [0, 0.1) is 6.92 Å². The Hall–Kier alpha value is -2.00. The zero-order chi connectivity index (χ0) is 19.7. The number of ether oxygens (including phenoxy) is 1. The molecule has 148 valence electrons. The van der Waals surface area contributed by atoms with Gasteiger partial charge in [-0.2, -0.15) is 4.31 Å². The van der Waals surface area contributed by atoms with Crippen LogP contribution in [0.25, 0.3) is 10.2 Å². The van der Waals surface area contributed by atoms with Gasteiger partial charge in [-0.15, -0.1) is 11.3 Å². The number of aryl methyl sites for hydroxylation is 1. The quantitative estimate of drug-likeness (QED) is 0.638. The number of fused-ring (bicyclic) bond motifs is 1. The molecule has 1 saturated heterocycles. The minimum atomic E-state index is -3.58. The summed E-state index contributed by atoms with van der Waals surface area (Å²) >= 11 is 1.70. The highest BCUT2D eigenvalue weighted by Gasteiger charge is 2.31. The highest BCUT2D eigenvalue weighted by atomic mass is 32.2. The summed E-state index contributed by atoms with van der Waals surface area (Å²) in [6, 6.07) is 13.4. The van der Waals surface area contributed by atoms with Crippen LogP contribution in [0.1, 0.15) is 10.6 Å². The molecule has 4 rings (SSSR count). The third-order valence-corrected chi connectivity index (χ3v) is 7.91. The van der Waals surface area contributed by atoms with Crippen LogP contribution in [0.3, 0.4) is 0 Å². The molecule has 1 aliphatic heterocycles. The van der Waals surface area contributed by atoms with Gasteiger partial charge in [0.25, 0.3) is 0 Å². The minimum Gasteiger partial charge on any atom is -0.495 e. The van der Waals surface area contributed by atoms with Crippen molar-refractivity contribution in [3.05, 3.63) is 53.0 Å². The van der Waals surface area contributed by atoms with Gasteiger partial charge in [-0.05, 0) is 36.8 Å². The summed E-state index contributed by atoms with van der Waals surface area (Å²) in [5.74, 6) is 0.391. The molecular formula is C20H23N3O3S2. The Morgan fingerprint density at radius 3 is 2.57 bits per heavy atom. The van der Waals surface area contributed by atoms with Crippen LogP contribution in [0.2, 0.25) is 0 Å². The lowest BCUT2D eigenvalue weighted by Crippen LogP contribution is -2.48. The zero-order valence-electron chi connectivity index (χ0n) is 16.0. The van der Waals surface area contributed by atoms with E-state index < -0.39 is 10.0 Å². The lowest BCUT2D eigenvalue weighted by atomic mass is 10.2. The lowest BCUT2D eigenvalue weighted by molar-refractivity contribution is 0.181. The third kappa shape index (κ3) is 3.77. The number of sulfonamides is 1. The van der Waals surface area contributed by atoms with E-state index in [-0.39, 0.29) is 4.90 Å². The maximum absolute atomic E-state index is 13.1. The van der Waals surface area contributed by atoms with Crippen molar-refractivity contribution in [2.24, 2.45) is 0 Å². The number of para-hydroxylation sites is 1. The maximum Gasteiger partial charge on any atom is 0.246 e. The number of piperazine rings is 1. The molecule has 8 heteroatoms. The van der Waals surface area contributed by atoms with E-state index in [1.54, 1.807) is 27.8 Å². The molecule has 0 saturated carbocycles. The molecule has 2 heterocycles. The second-order valence-electron chi connectivity index (χ2n) is 6.91. The maximum atomic E-state index is 13.1. The molecule has 28 heavy (non-hydrogen) atoms. The van der Waals surface area contributed by atoms with Crippen molar-refractivity contribution in [2.75, 3.05) is 33.3 Å². The number of aromatic nitrogens is 1. The first-order valence-electron chi connectivity index (χ1n) is 9.19. The molecule has 0 amide bonds. The second kappa shape index (κ2) is 7.79. The Bertz CT molecular complexity index is 1050. The fraction of sp³-hybridized carbons (Fsp3) is 0.350. The van der Waals surface area contributed by atoms with E-state index in [0.717, 1.165) is 22.6 Å². The van der Waals surface area contributed by atoms with Gasteiger partial charge in [0.05, 0.1) is 23.9 Å². The Balaban J connectivity index is 1.45. The highest BCUT2D eigenvalue weighted by molar-refractivity contribution is 7.89. The highest BCUT2D eigenvalue weighted by Crippen LogP contribution is 2.29. The first-order valence-corrected chi connectivity index (χ1v) is 11.4. The van der Waals surface area contributed by atoms with E-state index >= 15 is 0 Å². The first kappa shape index (κ1) is 19.3. The Kier molecular flexibility index (Phi) is 5.37. The molecule has 0 bridgehead atoms. The number of methoxy groups -OCH3 is 1. The SMILES string of the molecule is COc1ccc(C)cc1S(=O)(=O)N1CCN(Cc2nc3ccccc3s2)CC1. The molecule has 0 spiro atoms. The molecule has 1 aliphatic rings. The number of benzene rings is 2. The molecule has 6 nitrogen and oxygen atoms in total. The molecular weight excluding hydrogens is 394 g/mol. The topological polar surface area (TPSA) is 62.7 Å². The normalized spacial score (nSPS) is 16.5. The molecule has 0 aliphatic carbocycles. The summed E-state index contributed by atoms with van der Waals surface area (Å²) in [5.41, 5.74) is 1.92. The molecule has 3 aromatic rings. The smallest absolute Gasteiger partial charge is 0.246 e. The summed E-state index contributed by atoms with van der Waals surface area (Å²) < 4.78 is 34.3. The average molecular weight is 418 g/mol. The van der Waals surface area contributed by atoms with E-state index in [1.165, 1.54) is 11.8 Å².